The van der Waals surface area contributed by atoms with Crippen LogP contribution >= 0.6 is 9.47 Å². The molecule has 1 heterocycles. The van der Waals surface area contributed by atoms with Crippen LogP contribution < -0.4 is 0 Å². The van der Waals surface area contributed by atoms with Crippen molar-refractivity contribution in [2.75, 3.05) is 0 Å². The summed E-state index contributed by atoms with van der Waals surface area (Å²) in [4.78, 5) is 23.2. The molecule has 6 unspecified atom stereocenters. The zero-order valence-electron chi connectivity index (χ0n) is 12.4. The Morgan fingerprint density at radius 3 is 3.00 bits per heavy atom. The first-order valence-corrected chi connectivity index (χ1v) is 8.25. The Morgan fingerprint density at radius 1 is 1.57 bits per heavy atom. The molecule has 1 aliphatic carbocycles. The molecule has 2 fully saturated rings. The molecule has 120 valence electrons. The van der Waals surface area contributed by atoms with Gasteiger partial charge in [0.05, 0.1) is 12.5 Å². The lowest BCUT2D eigenvalue weighted by atomic mass is 9.87. The van der Waals surface area contributed by atoms with Gasteiger partial charge in [0, 0.05) is 28.2 Å². The number of esters is 1. The second-order valence-corrected chi connectivity index (χ2v) is 6.36. The standard InChI is InChI=1S/C15H24FO4P/c1-2-3-4-11(16)12(17)6-5-9-10-7-15(18)19-13(10)8-14(9)20-21/h9-11,13-14H,2-8,21H2,1H3. The summed E-state index contributed by atoms with van der Waals surface area (Å²) in [5.41, 5.74) is 0. The second-order valence-electron chi connectivity index (χ2n) is 6.09. The summed E-state index contributed by atoms with van der Waals surface area (Å²) < 4.78 is 24.3. The molecule has 0 amide bonds. The number of carbonyl (C=O) groups is 2. The largest absolute Gasteiger partial charge is 0.462 e. The lowest BCUT2D eigenvalue weighted by molar-refractivity contribution is -0.141. The zero-order chi connectivity index (χ0) is 15.4. The average molecular weight is 318 g/mol. The number of ether oxygens (including phenoxy) is 1. The third-order valence-electron chi connectivity index (χ3n) is 4.71. The Hall–Kier alpha value is -0.540. The van der Waals surface area contributed by atoms with Gasteiger partial charge in [0.25, 0.3) is 0 Å². The number of hydrogen-bond acceptors (Lipinski definition) is 4. The highest BCUT2D eigenvalue weighted by Gasteiger charge is 2.50. The van der Waals surface area contributed by atoms with Gasteiger partial charge in [-0.2, -0.15) is 0 Å². The Balaban J connectivity index is 1.85. The van der Waals surface area contributed by atoms with Crippen LogP contribution in [0.15, 0.2) is 0 Å². The molecular formula is C15H24FO4P. The quantitative estimate of drug-likeness (QED) is 0.510. The van der Waals surface area contributed by atoms with Gasteiger partial charge in [-0.1, -0.05) is 19.8 Å². The molecule has 0 aromatic rings. The van der Waals surface area contributed by atoms with Crippen molar-refractivity contribution in [2.24, 2.45) is 11.8 Å². The topological polar surface area (TPSA) is 52.6 Å². The molecular weight excluding hydrogens is 294 g/mol. The fourth-order valence-electron chi connectivity index (χ4n) is 3.52. The SMILES string of the molecule is CCCCC(F)C(=O)CCC1C(OP)CC2OC(=O)CC21. The first-order chi connectivity index (χ1) is 10.1. The normalized spacial score (nSPS) is 32.8. The maximum atomic E-state index is 13.7. The summed E-state index contributed by atoms with van der Waals surface area (Å²) in [6, 6.07) is 0. The van der Waals surface area contributed by atoms with Gasteiger partial charge >= 0.3 is 5.97 Å². The number of alkyl halides is 1. The van der Waals surface area contributed by atoms with Crippen LogP contribution in [0.2, 0.25) is 0 Å². The minimum absolute atomic E-state index is 0.0281. The highest BCUT2D eigenvalue weighted by molar-refractivity contribution is 7.09. The van der Waals surface area contributed by atoms with E-state index in [1.807, 2.05) is 6.92 Å². The van der Waals surface area contributed by atoms with E-state index in [9.17, 15) is 14.0 Å². The van der Waals surface area contributed by atoms with Crippen LogP contribution in [-0.4, -0.2) is 30.1 Å². The molecule has 1 aliphatic heterocycles. The molecule has 2 rings (SSSR count). The molecule has 0 aromatic heterocycles. The summed E-state index contributed by atoms with van der Waals surface area (Å²) >= 11 is 0. The van der Waals surface area contributed by atoms with E-state index in [4.69, 9.17) is 9.26 Å². The van der Waals surface area contributed by atoms with Gasteiger partial charge in [-0.3, -0.25) is 9.59 Å². The van der Waals surface area contributed by atoms with Crippen molar-refractivity contribution in [3.8, 4) is 0 Å². The number of Topliss-reactive ketones (excluding diaryl/α,β-unsaturated/α-hetero) is 1. The van der Waals surface area contributed by atoms with Crippen molar-refractivity contribution in [3.63, 3.8) is 0 Å². The van der Waals surface area contributed by atoms with Gasteiger partial charge in [0.15, 0.2) is 12.0 Å². The number of unbranched alkanes of at least 4 members (excludes halogenated alkanes) is 1. The maximum absolute atomic E-state index is 13.7. The van der Waals surface area contributed by atoms with Crippen LogP contribution in [0.4, 0.5) is 4.39 Å². The first kappa shape index (κ1) is 16.8. The molecule has 0 N–H and O–H groups in total. The molecule has 0 spiro atoms. The smallest absolute Gasteiger partial charge is 0.306 e. The van der Waals surface area contributed by atoms with E-state index in [2.05, 4.69) is 9.47 Å². The van der Waals surface area contributed by atoms with E-state index in [1.165, 1.54) is 0 Å². The Kier molecular flexibility index (Phi) is 6.12. The van der Waals surface area contributed by atoms with E-state index < -0.39 is 6.17 Å². The maximum Gasteiger partial charge on any atom is 0.306 e. The monoisotopic (exact) mass is 318 g/mol. The van der Waals surface area contributed by atoms with E-state index in [0.717, 1.165) is 12.8 Å². The molecule has 6 heteroatoms. The van der Waals surface area contributed by atoms with Crippen LogP contribution in [-0.2, 0) is 18.8 Å². The minimum atomic E-state index is -1.35. The number of ketones is 1. The number of carbonyl (C=O) groups excluding carboxylic acids is 2. The van der Waals surface area contributed by atoms with Gasteiger partial charge in [-0.25, -0.2) is 4.39 Å². The molecule has 0 aromatic carbocycles. The lowest BCUT2D eigenvalue weighted by Crippen LogP contribution is -2.24. The van der Waals surface area contributed by atoms with Crippen LogP contribution in [0.1, 0.15) is 51.9 Å². The average Bonchev–Trinajstić information content (AvgIpc) is 2.97. The Bertz CT molecular complexity index is 390. The fraction of sp³-hybridized carbons (Fsp3) is 0.867. The van der Waals surface area contributed by atoms with Crippen LogP contribution in [0, 0.1) is 11.8 Å². The highest BCUT2D eigenvalue weighted by atomic mass is 31.0. The predicted octanol–water partition coefficient (Wildman–Crippen LogP) is 2.99. The zero-order valence-corrected chi connectivity index (χ0v) is 13.6. The summed E-state index contributed by atoms with van der Waals surface area (Å²) in [6.07, 6.45) is 2.33. The van der Waals surface area contributed by atoms with Gasteiger partial charge in [-0.05, 0) is 18.8 Å². The third kappa shape index (κ3) is 4.01. The molecule has 1 saturated heterocycles. The summed E-state index contributed by atoms with van der Waals surface area (Å²) in [7, 11) is 2.25. The van der Waals surface area contributed by atoms with Crippen molar-refractivity contribution in [2.45, 2.75) is 70.2 Å². The van der Waals surface area contributed by atoms with Crippen LogP contribution in [0.25, 0.3) is 0 Å². The van der Waals surface area contributed by atoms with Crippen molar-refractivity contribution in [1.82, 2.24) is 0 Å². The van der Waals surface area contributed by atoms with Crippen LogP contribution in [0.3, 0.4) is 0 Å². The molecule has 4 nitrogen and oxygen atoms in total. The summed E-state index contributed by atoms with van der Waals surface area (Å²) in [5.74, 6) is -0.277. The van der Waals surface area contributed by atoms with E-state index in [1.54, 1.807) is 0 Å². The summed E-state index contributed by atoms with van der Waals surface area (Å²) in [5, 5.41) is 0. The molecule has 2 aliphatic rings. The number of hydrogen-bond donors (Lipinski definition) is 0. The lowest BCUT2D eigenvalue weighted by Gasteiger charge is -2.21. The number of halogens is 1. The second kappa shape index (κ2) is 7.64. The Labute approximate surface area is 127 Å². The third-order valence-corrected chi connectivity index (χ3v) is 5.06. The minimum Gasteiger partial charge on any atom is -0.462 e. The van der Waals surface area contributed by atoms with E-state index >= 15 is 0 Å². The van der Waals surface area contributed by atoms with Crippen molar-refractivity contribution >= 4 is 21.2 Å². The van der Waals surface area contributed by atoms with Gasteiger partial charge in [0.2, 0.25) is 0 Å². The number of fused-ring (bicyclic) bond motifs is 1. The van der Waals surface area contributed by atoms with Gasteiger partial charge in [0.1, 0.15) is 6.10 Å². The molecule has 0 radical (unpaired) electrons. The van der Waals surface area contributed by atoms with Crippen molar-refractivity contribution in [1.29, 1.82) is 0 Å². The van der Waals surface area contributed by atoms with E-state index in [0.29, 0.717) is 25.7 Å². The Morgan fingerprint density at radius 2 is 2.33 bits per heavy atom. The highest BCUT2D eigenvalue weighted by Crippen LogP contribution is 2.45. The molecule has 21 heavy (non-hydrogen) atoms. The van der Waals surface area contributed by atoms with Crippen LogP contribution in [0.5, 0.6) is 0 Å². The molecule has 6 atom stereocenters. The van der Waals surface area contributed by atoms with Gasteiger partial charge < -0.3 is 9.26 Å². The van der Waals surface area contributed by atoms with Gasteiger partial charge in [-0.15, -0.1) is 0 Å². The van der Waals surface area contributed by atoms with Crippen molar-refractivity contribution in [3.05, 3.63) is 0 Å². The van der Waals surface area contributed by atoms with E-state index in [-0.39, 0.29) is 42.2 Å². The summed E-state index contributed by atoms with van der Waals surface area (Å²) in [6.45, 7) is 1.98. The fourth-order valence-corrected chi connectivity index (χ4v) is 3.84. The predicted molar refractivity (Wildman–Crippen MR) is 79.3 cm³/mol. The van der Waals surface area contributed by atoms with Crippen molar-refractivity contribution < 1.29 is 23.2 Å². The molecule has 1 saturated carbocycles. The molecule has 0 bridgehead atoms. The first-order valence-electron chi connectivity index (χ1n) is 7.78. The number of rotatable bonds is 8.